The molecule has 2 rings (SSSR count). The summed E-state index contributed by atoms with van der Waals surface area (Å²) >= 11 is 7.93. The highest BCUT2D eigenvalue weighted by Crippen LogP contribution is 2.34. The van der Waals surface area contributed by atoms with Gasteiger partial charge in [0.25, 0.3) is 0 Å². The van der Waals surface area contributed by atoms with Crippen molar-refractivity contribution in [2.24, 2.45) is 5.84 Å². The molecule has 0 amide bonds. The molecule has 0 saturated carbocycles. The highest BCUT2D eigenvalue weighted by atomic mass is 35.5. The SMILES string of the molecule is COc1ccccc1CC(NN)c1scc(C)c1Cl. The van der Waals surface area contributed by atoms with E-state index in [9.17, 15) is 0 Å². The van der Waals surface area contributed by atoms with Crippen molar-refractivity contribution in [3.05, 3.63) is 50.7 Å². The number of para-hydroxylation sites is 1. The first kappa shape index (κ1) is 14.3. The molecule has 1 aromatic carbocycles. The van der Waals surface area contributed by atoms with E-state index in [1.807, 2.05) is 36.6 Å². The smallest absolute Gasteiger partial charge is 0.122 e. The van der Waals surface area contributed by atoms with E-state index in [1.165, 1.54) is 0 Å². The third kappa shape index (κ3) is 3.09. The molecule has 2 aromatic rings. The van der Waals surface area contributed by atoms with Crippen molar-refractivity contribution in [2.45, 2.75) is 19.4 Å². The lowest BCUT2D eigenvalue weighted by molar-refractivity contribution is 0.406. The summed E-state index contributed by atoms with van der Waals surface area (Å²) in [5.41, 5.74) is 5.03. The van der Waals surface area contributed by atoms with E-state index in [0.29, 0.717) is 0 Å². The van der Waals surface area contributed by atoms with Gasteiger partial charge in [-0.2, -0.15) is 0 Å². The molecule has 1 heterocycles. The van der Waals surface area contributed by atoms with Gasteiger partial charge in [0.15, 0.2) is 0 Å². The number of ether oxygens (including phenoxy) is 1. The van der Waals surface area contributed by atoms with Crippen LogP contribution >= 0.6 is 22.9 Å². The highest BCUT2D eigenvalue weighted by Gasteiger charge is 2.18. The Morgan fingerprint density at radius 1 is 1.42 bits per heavy atom. The summed E-state index contributed by atoms with van der Waals surface area (Å²) in [7, 11) is 1.67. The highest BCUT2D eigenvalue weighted by molar-refractivity contribution is 7.10. The fourth-order valence-electron chi connectivity index (χ4n) is 2.00. The number of hydrogen-bond acceptors (Lipinski definition) is 4. The number of hydrogen-bond donors (Lipinski definition) is 2. The summed E-state index contributed by atoms with van der Waals surface area (Å²) in [6.07, 6.45) is 0.736. The predicted octanol–water partition coefficient (Wildman–Crippen LogP) is 3.47. The van der Waals surface area contributed by atoms with E-state index in [0.717, 1.165) is 33.2 Å². The minimum absolute atomic E-state index is 0.0116. The number of methoxy groups -OCH3 is 1. The molecule has 1 unspecified atom stereocenters. The second-order valence-electron chi connectivity index (χ2n) is 4.33. The predicted molar refractivity (Wildman–Crippen MR) is 80.8 cm³/mol. The average Bonchev–Trinajstić information content (AvgIpc) is 2.77. The maximum Gasteiger partial charge on any atom is 0.122 e. The van der Waals surface area contributed by atoms with Crippen LogP contribution in [0.3, 0.4) is 0 Å². The topological polar surface area (TPSA) is 47.3 Å². The molecule has 19 heavy (non-hydrogen) atoms. The van der Waals surface area contributed by atoms with Gasteiger partial charge in [0.1, 0.15) is 5.75 Å². The number of thiophene rings is 1. The lowest BCUT2D eigenvalue weighted by atomic mass is 10.0. The van der Waals surface area contributed by atoms with Crippen molar-refractivity contribution in [1.29, 1.82) is 0 Å². The third-order valence-corrected chi connectivity index (χ3v) is 4.89. The molecular weight excluding hydrogens is 280 g/mol. The first-order chi connectivity index (χ1) is 9.17. The second kappa shape index (κ2) is 6.39. The van der Waals surface area contributed by atoms with Crippen LogP contribution in [0.15, 0.2) is 29.6 Å². The zero-order valence-corrected chi connectivity index (χ0v) is 12.5. The molecule has 102 valence electrons. The summed E-state index contributed by atoms with van der Waals surface area (Å²) in [6, 6.07) is 7.92. The quantitative estimate of drug-likeness (QED) is 0.656. The van der Waals surface area contributed by atoms with Crippen molar-refractivity contribution < 1.29 is 4.74 Å². The molecule has 0 saturated heterocycles. The molecule has 0 fully saturated rings. The average molecular weight is 297 g/mol. The fourth-order valence-corrected chi connectivity index (χ4v) is 3.39. The van der Waals surface area contributed by atoms with Crippen molar-refractivity contribution in [3.63, 3.8) is 0 Å². The van der Waals surface area contributed by atoms with Gasteiger partial charge in [-0.1, -0.05) is 29.8 Å². The van der Waals surface area contributed by atoms with Crippen LogP contribution in [0.25, 0.3) is 0 Å². The molecule has 3 nitrogen and oxygen atoms in total. The number of aryl methyl sites for hydroxylation is 1. The summed E-state index contributed by atoms with van der Waals surface area (Å²) < 4.78 is 5.36. The Morgan fingerprint density at radius 2 is 2.16 bits per heavy atom. The van der Waals surface area contributed by atoms with E-state index in [4.69, 9.17) is 22.2 Å². The Labute approximate surface area is 122 Å². The van der Waals surface area contributed by atoms with Gasteiger partial charge in [-0.05, 0) is 35.9 Å². The fraction of sp³-hybridized carbons (Fsp3) is 0.286. The number of nitrogens with two attached hydrogens (primary N) is 1. The molecule has 0 spiro atoms. The normalized spacial score (nSPS) is 12.4. The van der Waals surface area contributed by atoms with Gasteiger partial charge in [0, 0.05) is 4.88 Å². The third-order valence-electron chi connectivity index (χ3n) is 3.06. The van der Waals surface area contributed by atoms with Crippen LogP contribution in [-0.4, -0.2) is 7.11 Å². The Morgan fingerprint density at radius 3 is 2.74 bits per heavy atom. The maximum absolute atomic E-state index is 6.31. The zero-order valence-electron chi connectivity index (χ0n) is 10.9. The molecule has 1 atom stereocenters. The number of hydrazine groups is 1. The first-order valence-corrected chi connectivity index (χ1v) is 7.24. The van der Waals surface area contributed by atoms with Gasteiger partial charge >= 0.3 is 0 Å². The molecule has 0 aliphatic carbocycles. The van der Waals surface area contributed by atoms with Crippen molar-refractivity contribution in [2.75, 3.05) is 7.11 Å². The monoisotopic (exact) mass is 296 g/mol. The van der Waals surface area contributed by atoms with E-state index < -0.39 is 0 Å². The van der Waals surface area contributed by atoms with Crippen LogP contribution in [0.2, 0.25) is 5.02 Å². The number of benzene rings is 1. The van der Waals surface area contributed by atoms with Gasteiger partial charge < -0.3 is 4.74 Å². The van der Waals surface area contributed by atoms with E-state index in [1.54, 1.807) is 18.4 Å². The van der Waals surface area contributed by atoms with Gasteiger partial charge in [0.2, 0.25) is 0 Å². The maximum atomic E-state index is 6.31. The lowest BCUT2D eigenvalue weighted by Gasteiger charge is -2.17. The van der Waals surface area contributed by atoms with Crippen molar-refractivity contribution in [3.8, 4) is 5.75 Å². The van der Waals surface area contributed by atoms with Crippen LogP contribution in [0.4, 0.5) is 0 Å². The largest absolute Gasteiger partial charge is 0.496 e. The Hall–Kier alpha value is -1.07. The van der Waals surface area contributed by atoms with Crippen molar-refractivity contribution in [1.82, 2.24) is 5.43 Å². The van der Waals surface area contributed by atoms with E-state index in [-0.39, 0.29) is 6.04 Å². The lowest BCUT2D eigenvalue weighted by Crippen LogP contribution is -2.29. The molecule has 1 aromatic heterocycles. The van der Waals surface area contributed by atoms with Crippen LogP contribution in [-0.2, 0) is 6.42 Å². The minimum atomic E-state index is -0.0116. The summed E-state index contributed by atoms with van der Waals surface area (Å²) in [5, 5.41) is 2.84. The van der Waals surface area contributed by atoms with Gasteiger partial charge in [-0.15, -0.1) is 11.3 Å². The van der Waals surface area contributed by atoms with Crippen molar-refractivity contribution >= 4 is 22.9 Å². The van der Waals surface area contributed by atoms with Crippen LogP contribution in [0.5, 0.6) is 5.75 Å². The Balaban J connectivity index is 2.26. The summed E-state index contributed by atoms with van der Waals surface area (Å²) in [4.78, 5) is 1.06. The molecule has 5 heteroatoms. The van der Waals surface area contributed by atoms with Gasteiger partial charge in [-0.25, -0.2) is 0 Å². The van der Waals surface area contributed by atoms with Gasteiger partial charge in [0.05, 0.1) is 18.2 Å². The standard InChI is InChI=1S/C14H17ClN2OS/c1-9-8-19-14(13(9)15)11(17-16)7-10-5-3-4-6-12(10)18-2/h3-6,8,11,17H,7,16H2,1-2H3. The van der Waals surface area contributed by atoms with Crippen LogP contribution in [0.1, 0.15) is 22.0 Å². The molecule has 0 bridgehead atoms. The molecule has 0 radical (unpaired) electrons. The molecular formula is C14H17ClN2OS. The van der Waals surface area contributed by atoms with Gasteiger partial charge in [-0.3, -0.25) is 11.3 Å². The Bertz CT molecular complexity index is 556. The van der Waals surface area contributed by atoms with E-state index >= 15 is 0 Å². The molecule has 0 aliphatic heterocycles. The number of halogens is 1. The summed E-state index contributed by atoms with van der Waals surface area (Å²) in [5.74, 6) is 6.55. The number of rotatable bonds is 5. The van der Waals surface area contributed by atoms with Crippen LogP contribution < -0.4 is 16.0 Å². The zero-order chi connectivity index (χ0) is 13.8. The summed E-state index contributed by atoms with van der Waals surface area (Å²) in [6.45, 7) is 2.00. The Kier molecular flexibility index (Phi) is 4.82. The number of nitrogens with one attached hydrogen (secondary N) is 1. The molecule has 0 aliphatic rings. The minimum Gasteiger partial charge on any atom is -0.496 e. The first-order valence-electron chi connectivity index (χ1n) is 5.99. The second-order valence-corrected chi connectivity index (χ2v) is 5.62. The van der Waals surface area contributed by atoms with Crippen LogP contribution in [0, 0.1) is 6.92 Å². The molecule has 3 N–H and O–H groups in total. The van der Waals surface area contributed by atoms with E-state index in [2.05, 4.69) is 5.43 Å².